The maximum atomic E-state index is 11.9. The zero-order valence-electron chi connectivity index (χ0n) is 9.87. The van der Waals surface area contributed by atoms with Crippen molar-refractivity contribution in [3.05, 3.63) is 29.8 Å². The second-order valence-electron chi connectivity index (χ2n) is 3.98. The fourth-order valence-electron chi connectivity index (χ4n) is 1.46. The molecule has 1 heterocycles. The van der Waals surface area contributed by atoms with E-state index in [1.807, 2.05) is 6.92 Å². The zero-order valence-corrected chi connectivity index (χ0v) is 11.5. The van der Waals surface area contributed by atoms with Gasteiger partial charge in [0.15, 0.2) is 5.17 Å². The normalized spacial score (nSPS) is 19.8. The Morgan fingerprint density at radius 3 is 2.67 bits per heavy atom. The van der Waals surface area contributed by atoms with Crippen LogP contribution in [0.1, 0.15) is 5.56 Å². The Labute approximate surface area is 111 Å². The maximum absolute atomic E-state index is 11.9. The third-order valence-electron chi connectivity index (χ3n) is 2.46. The van der Waals surface area contributed by atoms with Crippen molar-refractivity contribution in [3.63, 3.8) is 0 Å². The molecule has 1 aromatic carbocycles. The molecule has 18 heavy (non-hydrogen) atoms. The van der Waals surface area contributed by atoms with Crippen LogP contribution in [0.25, 0.3) is 0 Å². The minimum Gasteiger partial charge on any atom is -0.379 e. The maximum Gasteiger partial charge on any atom is 0.297 e. The molecule has 1 aliphatic heterocycles. The summed E-state index contributed by atoms with van der Waals surface area (Å²) in [6, 6.07) is 6.35. The highest BCUT2D eigenvalue weighted by Gasteiger charge is 2.21. The summed E-state index contributed by atoms with van der Waals surface area (Å²) < 4.78 is 28.7. The van der Waals surface area contributed by atoms with Crippen LogP contribution in [-0.2, 0) is 14.3 Å². The lowest BCUT2D eigenvalue weighted by molar-refractivity contribution is 0.302. The van der Waals surface area contributed by atoms with Gasteiger partial charge < -0.3 is 5.73 Å². The van der Waals surface area contributed by atoms with Crippen LogP contribution in [0.3, 0.4) is 0 Å². The number of nitrogens with two attached hydrogens (primary N) is 1. The van der Waals surface area contributed by atoms with E-state index in [9.17, 15) is 8.42 Å². The standard InChI is InChI=1S/C11H14N2O3S2/c1-8-2-4-10(5-3-8)18(14,15)16-6-9-7-17-11(12)13-9/h2-5,9H,6-7H2,1H3,(H2,12,13). The van der Waals surface area contributed by atoms with Crippen molar-refractivity contribution < 1.29 is 12.6 Å². The highest BCUT2D eigenvalue weighted by atomic mass is 32.2. The summed E-state index contributed by atoms with van der Waals surface area (Å²) in [7, 11) is -3.70. The molecular formula is C11H14N2O3S2. The number of amidine groups is 1. The van der Waals surface area contributed by atoms with Gasteiger partial charge in [-0.05, 0) is 19.1 Å². The first-order chi connectivity index (χ1) is 8.47. The lowest BCUT2D eigenvalue weighted by Crippen LogP contribution is -2.18. The predicted molar refractivity (Wildman–Crippen MR) is 72.2 cm³/mol. The smallest absolute Gasteiger partial charge is 0.297 e. The number of aryl methyl sites for hydroxylation is 1. The van der Waals surface area contributed by atoms with Crippen molar-refractivity contribution in [2.45, 2.75) is 17.9 Å². The van der Waals surface area contributed by atoms with Gasteiger partial charge in [0, 0.05) is 5.75 Å². The van der Waals surface area contributed by atoms with Crippen LogP contribution in [0.4, 0.5) is 0 Å². The van der Waals surface area contributed by atoms with Crippen LogP contribution >= 0.6 is 11.8 Å². The van der Waals surface area contributed by atoms with E-state index >= 15 is 0 Å². The molecule has 1 unspecified atom stereocenters. The molecule has 7 heteroatoms. The van der Waals surface area contributed by atoms with E-state index in [-0.39, 0.29) is 17.5 Å². The second-order valence-corrected chi connectivity index (χ2v) is 6.64. The van der Waals surface area contributed by atoms with Crippen LogP contribution in [-0.4, -0.2) is 32.0 Å². The van der Waals surface area contributed by atoms with E-state index in [1.54, 1.807) is 12.1 Å². The van der Waals surface area contributed by atoms with E-state index in [1.165, 1.54) is 23.9 Å². The monoisotopic (exact) mass is 286 g/mol. The molecule has 2 rings (SSSR count). The van der Waals surface area contributed by atoms with Gasteiger partial charge in [0.2, 0.25) is 0 Å². The largest absolute Gasteiger partial charge is 0.379 e. The van der Waals surface area contributed by atoms with Gasteiger partial charge in [-0.15, -0.1) is 0 Å². The molecule has 0 radical (unpaired) electrons. The third-order valence-corrected chi connectivity index (χ3v) is 4.71. The minimum atomic E-state index is -3.70. The Balaban J connectivity index is 2.01. The van der Waals surface area contributed by atoms with Crippen LogP contribution in [0, 0.1) is 6.92 Å². The average molecular weight is 286 g/mol. The van der Waals surface area contributed by atoms with E-state index in [4.69, 9.17) is 9.92 Å². The summed E-state index contributed by atoms with van der Waals surface area (Å²) in [6.07, 6.45) is 0. The fraction of sp³-hybridized carbons (Fsp3) is 0.364. The number of rotatable bonds is 4. The van der Waals surface area contributed by atoms with Gasteiger partial charge in [-0.1, -0.05) is 29.5 Å². The fourth-order valence-corrected chi connectivity index (χ4v) is 3.16. The number of aliphatic imine (C=N–C) groups is 1. The van der Waals surface area contributed by atoms with Gasteiger partial charge in [-0.25, -0.2) is 0 Å². The van der Waals surface area contributed by atoms with Crippen molar-refractivity contribution in [2.75, 3.05) is 12.4 Å². The summed E-state index contributed by atoms with van der Waals surface area (Å²) >= 11 is 1.41. The molecule has 1 aliphatic rings. The Bertz CT molecular complexity index is 552. The Kier molecular flexibility index (Phi) is 3.94. The van der Waals surface area contributed by atoms with Crippen molar-refractivity contribution >= 4 is 27.0 Å². The molecule has 5 nitrogen and oxygen atoms in total. The Morgan fingerprint density at radius 2 is 2.11 bits per heavy atom. The highest BCUT2D eigenvalue weighted by molar-refractivity contribution is 8.14. The zero-order chi connectivity index (χ0) is 13.2. The number of benzene rings is 1. The number of hydrogen-bond donors (Lipinski definition) is 1. The van der Waals surface area contributed by atoms with Gasteiger partial charge in [-0.3, -0.25) is 9.18 Å². The quantitative estimate of drug-likeness (QED) is 0.839. The first-order valence-corrected chi connectivity index (χ1v) is 7.79. The van der Waals surface area contributed by atoms with E-state index in [0.29, 0.717) is 10.9 Å². The molecule has 2 N–H and O–H groups in total. The molecule has 1 aromatic rings. The van der Waals surface area contributed by atoms with E-state index in [2.05, 4.69) is 4.99 Å². The Hall–Kier alpha value is -1.05. The first-order valence-electron chi connectivity index (χ1n) is 5.39. The molecule has 0 saturated heterocycles. The summed E-state index contributed by atoms with van der Waals surface area (Å²) in [6.45, 7) is 1.93. The van der Waals surface area contributed by atoms with Crippen molar-refractivity contribution in [3.8, 4) is 0 Å². The molecule has 1 atom stereocenters. The van der Waals surface area contributed by atoms with E-state index < -0.39 is 10.1 Å². The molecule has 98 valence electrons. The molecular weight excluding hydrogens is 272 g/mol. The van der Waals surface area contributed by atoms with Gasteiger partial charge in [-0.2, -0.15) is 8.42 Å². The molecule has 0 amide bonds. The molecule has 0 saturated carbocycles. The summed E-state index contributed by atoms with van der Waals surface area (Å²) in [5.74, 6) is 0.662. The van der Waals surface area contributed by atoms with Crippen molar-refractivity contribution in [2.24, 2.45) is 10.7 Å². The van der Waals surface area contributed by atoms with Crippen LogP contribution in [0.5, 0.6) is 0 Å². The van der Waals surface area contributed by atoms with Gasteiger partial charge in [0.1, 0.15) is 0 Å². The van der Waals surface area contributed by atoms with Crippen LogP contribution < -0.4 is 5.73 Å². The second kappa shape index (κ2) is 5.29. The molecule has 0 aliphatic carbocycles. The summed E-state index contributed by atoms with van der Waals surface area (Å²) in [4.78, 5) is 4.23. The molecule has 0 fully saturated rings. The van der Waals surface area contributed by atoms with Gasteiger partial charge in [0.25, 0.3) is 10.1 Å². The molecule has 0 spiro atoms. The van der Waals surface area contributed by atoms with E-state index in [0.717, 1.165) is 5.56 Å². The minimum absolute atomic E-state index is 0.0317. The third kappa shape index (κ3) is 3.24. The topological polar surface area (TPSA) is 81.8 Å². The Morgan fingerprint density at radius 1 is 1.44 bits per heavy atom. The van der Waals surface area contributed by atoms with Gasteiger partial charge in [0.05, 0.1) is 17.5 Å². The molecule has 0 bridgehead atoms. The van der Waals surface area contributed by atoms with Crippen LogP contribution in [0.15, 0.2) is 34.2 Å². The number of thioether (sulfide) groups is 1. The molecule has 0 aromatic heterocycles. The lowest BCUT2D eigenvalue weighted by atomic mass is 10.2. The number of hydrogen-bond acceptors (Lipinski definition) is 6. The van der Waals surface area contributed by atoms with Crippen LogP contribution in [0.2, 0.25) is 0 Å². The lowest BCUT2D eigenvalue weighted by Gasteiger charge is -2.08. The SMILES string of the molecule is Cc1ccc(S(=O)(=O)OCC2CSC(N)=N2)cc1. The predicted octanol–water partition coefficient (Wildman–Crippen LogP) is 1.13. The summed E-state index contributed by atoms with van der Waals surface area (Å²) in [5, 5.41) is 0.483. The average Bonchev–Trinajstić information content (AvgIpc) is 2.73. The van der Waals surface area contributed by atoms with Gasteiger partial charge >= 0.3 is 0 Å². The van der Waals surface area contributed by atoms with Crippen molar-refractivity contribution in [1.82, 2.24) is 0 Å². The first kappa shape index (κ1) is 13.4. The summed E-state index contributed by atoms with van der Waals surface area (Å²) in [5.41, 5.74) is 6.50. The highest BCUT2D eigenvalue weighted by Crippen LogP contribution is 2.18. The van der Waals surface area contributed by atoms with Crippen molar-refractivity contribution in [1.29, 1.82) is 0 Å². The number of nitrogens with zero attached hydrogens (tertiary/aromatic N) is 1.